The number of allylic oxidation sites excluding steroid dienone is 1. The molecule has 4 N–H and O–H groups in total. The highest BCUT2D eigenvalue weighted by Gasteiger charge is 1.81. The van der Waals surface area contributed by atoms with Crippen molar-refractivity contribution in [2.45, 2.75) is 39.0 Å². The van der Waals surface area contributed by atoms with Gasteiger partial charge in [0.15, 0.2) is 0 Å². The molecule has 0 fully saturated rings. The first kappa shape index (κ1) is 14.6. The number of anilines is 2. The van der Waals surface area contributed by atoms with Crippen molar-refractivity contribution in [3.05, 3.63) is 36.9 Å². The Kier molecular flexibility index (Phi) is 9.18. The maximum Gasteiger partial charge on any atom is 0.0315 e. The Morgan fingerprint density at radius 2 is 1.50 bits per heavy atom. The third kappa shape index (κ3) is 9.13. The van der Waals surface area contributed by atoms with Gasteiger partial charge in [-0.05, 0) is 37.1 Å². The predicted molar refractivity (Wildman–Crippen MR) is 74.2 cm³/mol. The molecule has 0 atom stereocenters. The van der Waals surface area contributed by atoms with Gasteiger partial charge >= 0.3 is 0 Å². The van der Waals surface area contributed by atoms with Gasteiger partial charge in [-0.1, -0.05) is 32.3 Å². The third-order valence-corrected chi connectivity index (χ3v) is 2.20. The topological polar surface area (TPSA) is 52.0 Å². The average Bonchev–Trinajstić information content (AvgIpc) is 2.30. The van der Waals surface area contributed by atoms with Gasteiger partial charge in [0.2, 0.25) is 0 Å². The number of hydrogen-bond donors (Lipinski definition) is 2. The van der Waals surface area contributed by atoms with E-state index in [1.807, 2.05) is 6.08 Å². The van der Waals surface area contributed by atoms with Crippen LogP contribution in [0.2, 0.25) is 0 Å². The maximum absolute atomic E-state index is 5.37. The molecule has 0 heterocycles. The largest absolute Gasteiger partial charge is 0.399 e. The lowest BCUT2D eigenvalue weighted by Crippen LogP contribution is -1.86. The van der Waals surface area contributed by atoms with Gasteiger partial charge in [0.05, 0.1) is 0 Å². The number of unbranched alkanes of at least 4 members (excludes halogenated alkanes) is 4. The second-order valence-electron chi connectivity index (χ2n) is 3.80. The van der Waals surface area contributed by atoms with E-state index in [9.17, 15) is 0 Å². The molecule has 1 aromatic carbocycles. The van der Waals surface area contributed by atoms with Crippen LogP contribution in [0.3, 0.4) is 0 Å². The Balaban J connectivity index is 0.000000281. The number of hydrogen-bond acceptors (Lipinski definition) is 2. The molecule has 0 saturated carbocycles. The van der Waals surface area contributed by atoms with E-state index >= 15 is 0 Å². The van der Waals surface area contributed by atoms with E-state index in [-0.39, 0.29) is 0 Å². The zero-order valence-corrected chi connectivity index (χ0v) is 10.3. The summed E-state index contributed by atoms with van der Waals surface area (Å²) in [5.74, 6) is 0. The fourth-order valence-electron chi connectivity index (χ4n) is 1.21. The van der Waals surface area contributed by atoms with E-state index in [2.05, 4.69) is 13.5 Å². The zero-order valence-electron chi connectivity index (χ0n) is 10.3. The molecule has 0 amide bonds. The highest BCUT2D eigenvalue weighted by atomic mass is 14.6. The Morgan fingerprint density at radius 1 is 1.00 bits per heavy atom. The Bertz CT molecular complexity index is 244. The Morgan fingerprint density at radius 3 is 1.88 bits per heavy atom. The predicted octanol–water partition coefficient (Wildman–Crippen LogP) is 3.99. The van der Waals surface area contributed by atoms with Crippen LogP contribution in [0.15, 0.2) is 36.9 Å². The van der Waals surface area contributed by atoms with Gasteiger partial charge in [-0.25, -0.2) is 0 Å². The molecule has 90 valence electrons. The molecule has 0 spiro atoms. The van der Waals surface area contributed by atoms with Crippen molar-refractivity contribution in [3.63, 3.8) is 0 Å². The van der Waals surface area contributed by atoms with Crippen molar-refractivity contribution in [2.24, 2.45) is 0 Å². The fraction of sp³-hybridized carbons (Fsp3) is 0.429. The lowest BCUT2D eigenvalue weighted by atomic mass is 10.2. The Hall–Kier alpha value is -1.44. The highest BCUT2D eigenvalue weighted by Crippen LogP contribution is 2.05. The molecule has 0 radical (unpaired) electrons. The monoisotopic (exact) mass is 220 g/mol. The van der Waals surface area contributed by atoms with Crippen LogP contribution in [0.25, 0.3) is 0 Å². The van der Waals surface area contributed by atoms with Crippen molar-refractivity contribution < 1.29 is 0 Å². The number of nitrogen functional groups attached to an aromatic ring is 2. The van der Waals surface area contributed by atoms with Crippen LogP contribution >= 0.6 is 0 Å². The summed E-state index contributed by atoms with van der Waals surface area (Å²) in [4.78, 5) is 0. The van der Waals surface area contributed by atoms with Crippen LogP contribution in [0.1, 0.15) is 39.0 Å². The van der Waals surface area contributed by atoms with Crippen LogP contribution in [0.4, 0.5) is 11.4 Å². The van der Waals surface area contributed by atoms with E-state index in [1.165, 1.54) is 32.1 Å². The summed E-state index contributed by atoms with van der Waals surface area (Å²) in [6.07, 6.45) is 8.61. The quantitative estimate of drug-likeness (QED) is 0.448. The average molecular weight is 220 g/mol. The highest BCUT2D eigenvalue weighted by molar-refractivity contribution is 5.47. The van der Waals surface area contributed by atoms with Crippen molar-refractivity contribution in [1.29, 1.82) is 0 Å². The second-order valence-corrected chi connectivity index (χ2v) is 3.80. The molecule has 2 nitrogen and oxygen atoms in total. The van der Waals surface area contributed by atoms with Crippen LogP contribution in [-0.2, 0) is 0 Å². The van der Waals surface area contributed by atoms with Crippen molar-refractivity contribution in [1.82, 2.24) is 0 Å². The molecule has 1 aromatic rings. The van der Waals surface area contributed by atoms with Crippen LogP contribution < -0.4 is 11.5 Å². The molecule has 0 aliphatic rings. The van der Waals surface area contributed by atoms with E-state index < -0.39 is 0 Å². The molecular weight excluding hydrogens is 196 g/mol. The zero-order chi connectivity index (χ0) is 12.2. The summed E-state index contributed by atoms with van der Waals surface area (Å²) in [6, 6.07) is 7.09. The van der Waals surface area contributed by atoms with E-state index in [0.29, 0.717) is 0 Å². The molecule has 0 aliphatic carbocycles. The van der Waals surface area contributed by atoms with Crippen molar-refractivity contribution >= 4 is 11.4 Å². The lowest BCUT2D eigenvalue weighted by Gasteiger charge is -1.91. The summed E-state index contributed by atoms with van der Waals surface area (Å²) in [5.41, 5.74) is 12.2. The van der Waals surface area contributed by atoms with Crippen LogP contribution in [0.5, 0.6) is 0 Å². The number of nitrogens with two attached hydrogens (primary N) is 2. The minimum Gasteiger partial charge on any atom is -0.399 e. The SMILES string of the molecule is C=CCCCCCC.Nc1ccc(N)cc1. The molecule has 0 aliphatic heterocycles. The van der Waals surface area contributed by atoms with E-state index in [0.717, 1.165) is 11.4 Å². The second kappa shape index (κ2) is 10.1. The van der Waals surface area contributed by atoms with E-state index in [4.69, 9.17) is 11.5 Å². The van der Waals surface area contributed by atoms with Gasteiger partial charge in [-0.3, -0.25) is 0 Å². The molecule has 0 bridgehead atoms. The van der Waals surface area contributed by atoms with Crippen LogP contribution in [0, 0.1) is 0 Å². The van der Waals surface area contributed by atoms with Gasteiger partial charge in [-0.2, -0.15) is 0 Å². The molecule has 16 heavy (non-hydrogen) atoms. The van der Waals surface area contributed by atoms with Gasteiger partial charge < -0.3 is 11.5 Å². The smallest absolute Gasteiger partial charge is 0.0315 e. The number of benzene rings is 1. The summed E-state index contributed by atoms with van der Waals surface area (Å²) in [6.45, 7) is 5.89. The molecule has 2 heteroatoms. The van der Waals surface area contributed by atoms with Gasteiger partial charge in [0, 0.05) is 11.4 Å². The molecule has 0 unspecified atom stereocenters. The van der Waals surface area contributed by atoms with Gasteiger partial charge in [0.25, 0.3) is 0 Å². The summed E-state index contributed by atoms with van der Waals surface area (Å²) >= 11 is 0. The first-order valence-corrected chi connectivity index (χ1v) is 5.92. The normalized spacial score (nSPS) is 9.06. The minimum atomic E-state index is 0.749. The minimum absolute atomic E-state index is 0.749. The number of rotatable bonds is 5. The Labute approximate surface area is 99.3 Å². The maximum atomic E-state index is 5.37. The molecule has 1 rings (SSSR count). The summed E-state index contributed by atoms with van der Waals surface area (Å²) in [7, 11) is 0. The van der Waals surface area contributed by atoms with Crippen LogP contribution in [-0.4, -0.2) is 0 Å². The first-order valence-electron chi connectivity index (χ1n) is 5.92. The summed E-state index contributed by atoms with van der Waals surface area (Å²) in [5, 5.41) is 0. The van der Waals surface area contributed by atoms with Gasteiger partial charge in [-0.15, -0.1) is 6.58 Å². The third-order valence-electron chi connectivity index (χ3n) is 2.20. The van der Waals surface area contributed by atoms with Crippen molar-refractivity contribution in [2.75, 3.05) is 11.5 Å². The molecule has 0 aromatic heterocycles. The van der Waals surface area contributed by atoms with Crippen molar-refractivity contribution in [3.8, 4) is 0 Å². The van der Waals surface area contributed by atoms with E-state index in [1.54, 1.807) is 24.3 Å². The first-order chi connectivity index (χ1) is 7.70. The molecular formula is C14H24N2. The summed E-state index contributed by atoms with van der Waals surface area (Å²) < 4.78 is 0. The fourth-order valence-corrected chi connectivity index (χ4v) is 1.21. The standard InChI is InChI=1S/C8H16.C6H8N2/c1-3-5-7-8-6-4-2;7-5-1-2-6(8)4-3-5/h3H,1,4-8H2,2H3;1-4H,7-8H2. The lowest BCUT2D eigenvalue weighted by molar-refractivity contribution is 0.675. The van der Waals surface area contributed by atoms with Gasteiger partial charge in [0.1, 0.15) is 0 Å². The molecule has 0 saturated heterocycles.